The van der Waals surface area contributed by atoms with E-state index in [-0.39, 0.29) is 0 Å². The third-order valence-electron chi connectivity index (χ3n) is 3.35. The molecule has 3 aromatic rings. The smallest absolute Gasteiger partial charge is 0.195 e. The van der Waals surface area contributed by atoms with Crippen LogP contribution in [-0.4, -0.2) is 23.0 Å². The number of hydrogen-bond donors (Lipinski definition) is 1. The fourth-order valence-electron chi connectivity index (χ4n) is 2.43. The van der Waals surface area contributed by atoms with E-state index >= 15 is 0 Å². The van der Waals surface area contributed by atoms with Crippen LogP contribution in [0.1, 0.15) is 11.3 Å². The SMILES string of the molecule is CN(Cc1ccccc1)c1nc2sccn2c1CCN. The van der Waals surface area contributed by atoms with Crippen molar-refractivity contribution < 1.29 is 0 Å². The summed E-state index contributed by atoms with van der Waals surface area (Å²) in [7, 11) is 2.08. The summed E-state index contributed by atoms with van der Waals surface area (Å²) in [5.74, 6) is 1.03. The second-order valence-corrected chi connectivity index (χ2v) is 5.69. The molecule has 2 N–H and O–H groups in total. The number of benzene rings is 1. The molecule has 1 aromatic carbocycles. The zero-order valence-electron chi connectivity index (χ0n) is 11.5. The summed E-state index contributed by atoms with van der Waals surface area (Å²) in [5, 5.41) is 2.06. The summed E-state index contributed by atoms with van der Waals surface area (Å²) < 4.78 is 2.15. The largest absolute Gasteiger partial charge is 0.354 e. The highest BCUT2D eigenvalue weighted by molar-refractivity contribution is 7.15. The first kappa shape index (κ1) is 13.1. The van der Waals surface area contributed by atoms with Crippen LogP contribution >= 0.6 is 11.3 Å². The number of thiazole rings is 1. The van der Waals surface area contributed by atoms with Crippen molar-refractivity contribution in [1.29, 1.82) is 0 Å². The molecule has 0 unspecified atom stereocenters. The van der Waals surface area contributed by atoms with Crippen LogP contribution in [-0.2, 0) is 13.0 Å². The van der Waals surface area contributed by atoms with Gasteiger partial charge in [-0.05, 0) is 12.1 Å². The van der Waals surface area contributed by atoms with Crippen molar-refractivity contribution in [3.05, 3.63) is 53.2 Å². The Kier molecular flexibility index (Phi) is 3.71. The molecule has 0 radical (unpaired) electrons. The molecule has 0 aliphatic carbocycles. The lowest BCUT2D eigenvalue weighted by Gasteiger charge is -2.18. The van der Waals surface area contributed by atoms with Crippen LogP contribution in [0.5, 0.6) is 0 Å². The van der Waals surface area contributed by atoms with E-state index in [1.807, 2.05) is 6.07 Å². The molecule has 2 aromatic heterocycles. The van der Waals surface area contributed by atoms with Gasteiger partial charge in [0.05, 0.1) is 5.69 Å². The number of imidazole rings is 1. The normalized spacial score (nSPS) is 11.1. The minimum atomic E-state index is 0.635. The van der Waals surface area contributed by atoms with Gasteiger partial charge in [0, 0.05) is 31.6 Å². The van der Waals surface area contributed by atoms with E-state index < -0.39 is 0 Å². The molecule has 0 bridgehead atoms. The molecule has 0 aliphatic rings. The summed E-state index contributed by atoms with van der Waals surface area (Å²) in [6, 6.07) is 10.4. The Bertz CT molecular complexity index is 686. The number of rotatable bonds is 5. The van der Waals surface area contributed by atoms with Gasteiger partial charge in [-0.2, -0.15) is 0 Å². The Balaban J connectivity index is 1.92. The van der Waals surface area contributed by atoms with Gasteiger partial charge in [-0.3, -0.25) is 4.40 Å². The Morgan fingerprint density at radius 2 is 2.10 bits per heavy atom. The lowest BCUT2D eigenvalue weighted by molar-refractivity contribution is 0.858. The van der Waals surface area contributed by atoms with Crippen LogP contribution in [0, 0.1) is 0 Å². The van der Waals surface area contributed by atoms with Crippen molar-refractivity contribution in [3.8, 4) is 0 Å². The van der Waals surface area contributed by atoms with Gasteiger partial charge >= 0.3 is 0 Å². The van der Waals surface area contributed by atoms with E-state index in [2.05, 4.69) is 52.2 Å². The molecular formula is C15H18N4S. The van der Waals surface area contributed by atoms with Gasteiger partial charge in [-0.1, -0.05) is 30.3 Å². The Morgan fingerprint density at radius 3 is 2.85 bits per heavy atom. The fraction of sp³-hybridized carbons (Fsp3) is 0.267. The predicted molar refractivity (Wildman–Crippen MR) is 84.4 cm³/mol. The van der Waals surface area contributed by atoms with E-state index in [1.54, 1.807) is 11.3 Å². The molecule has 0 saturated heterocycles. The molecule has 0 atom stereocenters. The maximum absolute atomic E-state index is 5.74. The van der Waals surface area contributed by atoms with Gasteiger partial charge < -0.3 is 10.6 Å². The zero-order valence-corrected chi connectivity index (χ0v) is 12.3. The number of fused-ring (bicyclic) bond motifs is 1. The first-order valence-corrected chi connectivity index (χ1v) is 7.57. The molecule has 0 saturated carbocycles. The second-order valence-electron chi connectivity index (χ2n) is 4.82. The van der Waals surface area contributed by atoms with Gasteiger partial charge in [-0.25, -0.2) is 4.98 Å². The Hall–Kier alpha value is -1.85. The highest BCUT2D eigenvalue weighted by Gasteiger charge is 2.16. The zero-order chi connectivity index (χ0) is 13.9. The minimum absolute atomic E-state index is 0.635. The lowest BCUT2D eigenvalue weighted by atomic mass is 10.2. The topological polar surface area (TPSA) is 46.6 Å². The van der Waals surface area contributed by atoms with Gasteiger partial charge in [-0.15, -0.1) is 11.3 Å². The number of hydrogen-bond acceptors (Lipinski definition) is 4. The molecule has 0 aliphatic heterocycles. The molecule has 20 heavy (non-hydrogen) atoms. The van der Waals surface area contributed by atoms with Crippen LogP contribution in [0.4, 0.5) is 5.82 Å². The van der Waals surface area contributed by atoms with Crippen LogP contribution in [0.2, 0.25) is 0 Å². The van der Waals surface area contributed by atoms with Crippen molar-refractivity contribution in [3.63, 3.8) is 0 Å². The van der Waals surface area contributed by atoms with Crippen LogP contribution < -0.4 is 10.6 Å². The minimum Gasteiger partial charge on any atom is -0.354 e. The molecule has 2 heterocycles. The monoisotopic (exact) mass is 286 g/mol. The molecule has 0 amide bonds. The maximum Gasteiger partial charge on any atom is 0.195 e. The predicted octanol–water partition coefficient (Wildman–Crippen LogP) is 2.53. The summed E-state index contributed by atoms with van der Waals surface area (Å²) in [5.41, 5.74) is 8.22. The molecule has 0 fully saturated rings. The summed E-state index contributed by atoms with van der Waals surface area (Å²) >= 11 is 1.66. The first-order valence-electron chi connectivity index (χ1n) is 6.69. The lowest BCUT2D eigenvalue weighted by Crippen LogP contribution is -2.19. The van der Waals surface area contributed by atoms with Crippen molar-refractivity contribution in [1.82, 2.24) is 9.38 Å². The maximum atomic E-state index is 5.74. The number of anilines is 1. The van der Waals surface area contributed by atoms with E-state index in [0.29, 0.717) is 6.54 Å². The Labute approximate surface area is 122 Å². The molecule has 0 spiro atoms. The van der Waals surface area contributed by atoms with E-state index in [1.165, 1.54) is 11.3 Å². The number of nitrogens with zero attached hydrogens (tertiary/aromatic N) is 3. The third kappa shape index (κ3) is 2.42. The second kappa shape index (κ2) is 5.64. The van der Waals surface area contributed by atoms with Crippen molar-refractivity contribution >= 4 is 22.1 Å². The quantitative estimate of drug-likeness (QED) is 0.784. The van der Waals surface area contributed by atoms with Crippen LogP contribution in [0.25, 0.3) is 4.96 Å². The summed E-state index contributed by atoms with van der Waals surface area (Å²) in [4.78, 5) is 7.96. The average Bonchev–Trinajstić information content (AvgIpc) is 3.03. The van der Waals surface area contributed by atoms with Crippen molar-refractivity contribution in [2.75, 3.05) is 18.5 Å². The van der Waals surface area contributed by atoms with E-state index in [0.717, 1.165) is 23.7 Å². The average molecular weight is 286 g/mol. The van der Waals surface area contributed by atoms with Gasteiger partial charge in [0.25, 0.3) is 0 Å². The van der Waals surface area contributed by atoms with E-state index in [4.69, 9.17) is 10.7 Å². The van der Waals surface area contributed by atoms with Crippen LogP contribution in [0.3, 0.4) is 0 Å². The van der Waals surface area contributed by atoms with Gasteiger partial charge in [0.15, 0.2) is 10.8 Å². The molecule has 4 nitrogen and oxygen atoms in total. The number of nitrogens with two attached hydrogens (primary N) is 1. The molecule has 104 valence electrons. The van der Waals surface area contributed by atoms with Gasteiger partial charge in [0.1, 0.15) is 0 Å². The van der Waals surface area contributed by atoms with Gasteiger partial charge in [0.2, 0.25) is 0 Å². The molecular weight excluding hydrogens is 268 g/mol. The fourth-order valence-corrected chi connectivity index (χ4v) is 3.16. The first-order chi connectivity index (χ1) is 9.79. The van der Waals surface area contributed by atoms with Crippen LogP contribution in [0.15, 0.2) is 41.9 Å². The summed E-state index contributed by atoms with van der Waals surface area (Å²) in [6.45, 7) is 1.49. The highest BCUT2D eigenvalue weighted by Crippen LogP contribution is 2.25. The standard InChI is InChI=1S/C15H18N4S/c1-18(11-12-5-3-2-4-6-12)14-13(7-8-16)19-9-10-20-15(19)17-14/h2-6,9-10H,7-8,11,16H2,1H3. The molecule has 3 rings (SSSR count). The van der Waals surface area contributed by atoms with Crippen molar-refractivity contribution in [2.24, 2.45) is 5.73 Å². The van der Waals surface area contributed by atoms with E-state index in [9.17, 15) is 0 Å². The summed E-state index contributed by atoms with van der Waals surface area (Å²) in [6.07, 6.45) is 2.91. The molecule has 5 heteroatoms. The van der Waals surface area contributed by atoms with Crippen molar-refractivity contribution in [2.45, 2.75) is 13.0 Å². The highest BCUT2D eigenvalue weighted by atomic mass is 32.1. The Morgan fingerprint density at radius 1 is 1.30 bits per heavy atom. The number of aromatic nitrogens is 2. The third-order valence-corrected chi connectivity index (χ3v) is 4.10.